The fraction of sp³-hybridized carbons (Fsp3) is 0.950. The van der Waals surface area contributed by atoms with E-state index in [9.17, 15) is 4.79 Å². The zero-order valence-corrected chi connectivity index (χ0v) is 14.4. The summed E-state index contributed by atoms with van der Waals surface area (Å²) in [6, 6.07) is 0. The van der Waals surface area contributed by atoms with E-state index in [-0.39, 0.29) is 0 Å². The van der Waals surface area contributed by atoms with Gasteiger partial charge in [0.1, 0.15) is 5.78 Å². The predicted molar refractivity (Wildman–Crippen MR) is 90.3 cm³/mol. The van der Waals surface area contributed by atoms with Crippen molar-refractivity contribution in [2.24, 2.45) is 23.7 Å². The van der Waals surface area contributed by atoms with Gasteiger partial charge in [-0.1, -0.05) is 58.8 Å². The monoisotopic (exact) mass is 292 g/mol. The first-order chi connectivity index (χ1) is 10.2. The lowest BCUT2D eigenvalue weighted by Gasteiger charge is -2.37. The van der Waals surface area contributed by atoms with Crippen LogP contribution in [-0.4, -0.2) is 5.78 Å². The lowest BCUT2D eigenvalue weighted by Crippen LogP contribution is -2.31. The molecule has 1 heteroatoms. The van der Waals surface area contributed by atoms with Crippen LogP contribution in [0, 0.1) is 23.7 Å². The average molecular weight is 293 g/mol. The maximum absolute atomic E-state index is 12.4. The molecule has 0 heterocycles. The van der Waals surface area contributed by atoms with Crippen LogP contribution >= 0.6 is 0 Å². The predicted octanol–water partition coefficient (Wildman–Crippen LogP) is 6.16. The third kappa shape index (κ3) is 5.11. The van der Waals surface area contributed by atoms with Gasteiger partial charge in [-0.25, -0.2) is 0 Å². The Morgan fingerprint density at radius 3 is 2.14 bits per heavy atom. The second-order valence-electron chi connectivity index (χ2n) is 7.77. The number of unbranched alkanes of at least 4 members (excludes halogenated alkanes) is 2. The number of carbonyl (C=O) groups excluding carboxylic acids is 1. The van der Waals surface area contributed by atoms with Gasteiger partial charge in [0.15, 0.2) is 0 Å². The Kier molecular flexibility index (Phi) is 7.26. The molecule has 2 rings (SSSR count). The third-order valence-electron chi connectivity index (χ3n) is 6.22. The molecule has 0 amide bonds. The van der Waals surface area contributed by atoms with E-state index < -0.39 is 0 Å². The number of ketones is 1. The van der Waals surface area contributed by atoms with Crippen molar-refractivity contribution in [1.29, 1.82) is 0 Å². The summed E-state index contributed by atoms with van der Waals surface area (Å²) in [4.78, 5) is 12.4. The molecule has 0 saturated heterocycles. The van der Waals surface area contributed by atoms with E-state index in [1.54, 1.807) is 0 Å². The van der Waals surface area contributed by atoms with Crippen LogP contribution in [0.25, 0.3) is 0 Å². The summed E-state index contributed by atoms with van der Waals surface area (Å²) in [5.74, 6) is 3.63. The lowest BCUT2D eigenvalue weighted by atomic mass is 9.68. The number of carbonyl (C=O) groups is 1. The van der Waals surface area contributed by atoms with Crippen LogP contribution < -0.4 is 0 Å². The van der Waals surface area contributed by atoms with Crippen molar-refractivity contribution in [3.63, 3.8) is 0 Å². The van der Waals surface area contributed by atoms with Crippen LogP contribution in [0.3, 0.4) is 0 Å². The molecule has 0 aromatic rings. The first kappa shape index (κ1) is 17.0. The van der Waals surface area contributed by atoms with Gasteiger partial charge in [0.2, 0.25) is 0 Å². The summed E-state index contributed by atoms with van der Waals surface area (Å²) in [6.07, 6.45) is 16.9. The molecule has 2 aliphatic rings. The van der Waals surface area contributed by atoms with Gasteiger partial charge >= 0.3 is 0 Å². The molecule has 2 saturated carbocycles. The minimum Gasteiger partial charge on any atom is -0.299 e. The van der Waals surface area contributed by atoms with Crippen molar-refractivity contribution in [2.75, 3.05) is 0 Å². The third-order valence-corrected chi connectivity index (χ3v) is 6.22. The van der Waals surface area contributed by atoms with Crippen LogP contribution in [0.1, 0.15) is 97.3 Å². The van der Waals surface area contributed by atoms with Gasteiger partial charge in [-0.15, -0.1) is 0 Å². The summed E-state index contributed by atoms with van der Waals surface area (Å²) in [5.41, 5.74) is 0. The molecule has 2 fully saturated rings. The van der Waals surface area contributed by atoms with Crippen molar-refractivity contribution in [2.45, 2.75) is 97.3 Å². The molecule has 0 spiro atoms. The Hall–Kier alpha value is -0.330. The topological polar surface area (TPSA) is 17.1 Å². The van der Waals surface area contributed by atoms with Gasteiger partial charge in [0.25, 0.3) is 0 Å². The van der Waals surface area contributed by atoms with E-state index in [2.05, 4.69) is 13.8 Å². The minimum atomic E-state index is 0.421. The molecule has 0 N–H and O–H groups in total. The fourth-order valence-electron chi connectivity index (χ4n) is 4.81. The van der Waals surface area contributed by atoms with Crippen LogP contribution in [-0.2, 0) is 4.79 Å². The highest BCUT2D eigenvalue weighted by Crippen LogP contribution is 2.41. The summed E-state index contributed by atoms with van der Waals surface area (Å²) in [6.45, 7) is 4.55. The molecule has 2 atom stereocenters. The SMILES string of the molecule is CCCCCC1CCC(C2CCC(CCC)CC2)CC1=O. The second-order valence-corrected chi connectivity index (χ2v) is 7.77. The maximum atomic E-state index is 12.4. The number of hydrogen-bond donors (Lipinski definition) is 0. The fourth-order valence-corrected chi connectivity index (χ4v) is 4.81. The largest absolute Gasteiger partial charge is 0.299 e. The molecule has 2 unspecified atom stereocenters. The Morgan fingerprint density at radius 2 is 1.52 bits per heavy atom. The van der Waals surface area contributed by atoms with Gasteiger partial charge in [-0.05, 0) is 49.9 Å². The molecule has 122 valence electrons. The van der Waals surface area contributed by atoms with Gasteiger partial charge < -0.3 is 0 Å². The normalized spacial score (nSPS) is 34.1. The van der Waals surface area contributed by atoms with Crippen LogP contribution in [0.15, 0.2) is 0 Å². The molecule has 0 aromatic heterocycles. The molecule has 0 bridgehead atoms. The molecule has 0 aliphatic heterocycles. The highest BCUT2D eigenvalue weighted by Gasteiger charge is 2.34. The van der Waals surface area contributed by atoms with Crippen molar-refractivity contribution < 1.29 is 4.79 Å². The smallest absolute Gasteiger partial charge is 0.136 e. The van der Waals surface area contributed by atoms with Crippen molar-refractivity contribution in [1.82, 2.24) is 0 Å². The molecular weight excluding hydrogens is 256 g/mol. The first-order valence-electron chi connectivity index (χ1n) is 9.77. The molecular formula is C20H36O. The van der Waals surface area contributed by atoms with Crippen molar-refractivity contribution in [3.8, 4) is 0 Å². The minimum absolute atomic E-state index is 0.421. The van der Waals surface area contributed by atoms with E-state index >= 15 is 0 Å². The summed E-state index contributed by atoms with van der Waals surface area (Å²) in [7, 11) is 0. The summed E-state index contributed by atoms with van der Waals surface area (Å²) >= 11 is 0. The summed E-state index contributed by atoms with van der Waals surface area (Å²) in [5, 5.41) is 0. The van der Waals surface area contributed by atoms with Crippen LogP contribution in [0.2, 0.25) is 0 Å². The van der Waals surface area contributed by atoms with Gasteiger partial charge in [0.05, 0.1) is 0 Å². The summed E-state index contributed by atoms with van der Waals surface area (Å²) < 4.78 is 0. The van der Waals surface area contributed by atoms with Crippen LogP contribution in [0.5, 0.6) is 0 Å². The maximum Gasteiger partial charge on any atom is 0.136 e. The highest BCUT2D eigenvalue weighted by atomic mass is 16.1. The zero-order valence-electron chi connectivity index (χ0n) is 14.4. The van der Waals surface area contributed by atoms with E-state index in [1.807, 2.05) is 0 Å². The zero-order chi connectivity index (χ0) is 15.1. The van der Waals surface area contributed by atoms with E-state index in [0.29, 0.717) is 11.7 Å². The Balaban J connectivity index is 1.71. The van der Waals surface area contributed by atoms with E-state index in [0.717, 1.165) is 24.2 Å². The molecule has 0 aromatic carbocycles. The number of rotatable bonds is 7. The molecule has 0 radical (unpaired) electrons. The Morgan fingerprint density at radius 1 is 0.810 bits per heavy atom. The van der Waals surface area contributed by atoms with E-state index in [4.69, 9.17) is 0 Å². The standard InChI is InChI=1S/C20H36O/c1-3-5-6-8-18-13-14-19(15-20(18)21)17-11-9-16(7-4-2)10-12-17/h16-19H,3-15H2,1-2H3. The van der Waals surface area contributed by atoms with Gasteiger partial charge in [0, 0.05) is 12.3 Å². The highest BCUT2D eigenvalue weighted by molar-refractivity contribution is 5.81. The Labute approximate surface area is 132 Å². The van der Waals surface area contributed by atoms with Crippen molar-refractivity contribution >= 4 is 5.78 Å². The van der Waals surface area contributed by atoms with Gasteiger partial charge in [-0.2, -0.15) is 0 Å². The average Bonchev–Trinajstić information content (AvgIpc) is 2.50. The van der Waals surface area contributed by atoms with Gasteiger partial charge in [-0.3, -0.25) is 4.79 Å². The van der Waals surface area contributed by atoms with Crippen LogP contribution in [0.4, 0.5) is 0 Å². The number of hydrogen-bond acceptors (Lipinski definition) is 1. The number of Topliss-reactive ketones (excluding diaryl/α,β-unsaturated/α-hetero) is 1. The second kappa shape index (κ2) is 8.96. The lowest BCUT2D eigenvalue weighted by molar-refractivity contribution is -0.127. The molecule has 1 nitrogen and oxygen atoms in total. The molecule has 21 heavy (non-hydrogen) atoms. The van der Waals surface area contributed by atoms with Crippen molar-refractivity contribution in [3.05, 3.63) is 0 Å². The Bertz CT molecular complexity index is 301. The first-order valence-corrected chi connectivity index (χ1v) is 9.77. The quantitative estimate of drug-likeness (QED) is 0.514. The molecule has 2 aliphatic carbocycles. The van der Waals surface area contributed by atoms with E-state index in [1.165, 1.54) is 77.0 Å².